The third kappa shape index (κ3) is 6.95. The van der Waals surface area contributed by atoms with Crippen molar-refractivity contribution in [1.82, 2.24) is 5.32 Å². The van der Waals surface area contributed by atoms with Crippen molar-refractivity contribution in [3.63, 3.8) is 0 Å². The van der Waals surface area contributed by atoms with E-state index in [4.69, 9.17) is 9.47 Å². The van der Waals surface area contributed by atoms with Gasteiger partial charge in [-0.25, -0.2) is 4.79 Å². The number of ether oxygens (including phenoxy) is 2. The standard InChI is InChI=1S/C19H25NO5/c1-19(2,3)25-18(23)15(20-17(22)14-9-10-14)11-16(21)24-12-13-7-5-4-6-8-13/h4-8,14-15H,9-12H2,1-3H3,(H,20,22)/t15-/m0/s1. The second-order valence-electron chi connectivity index (χ2n) is 7.22. The number of hydrogen-bond donors (Lipinski definition) is 1. The molecule has 1 aliphatic carbocycles. The highest BCUT2D eigenvalue weighted by Crippen LogP contribution is 2.29. The summed E-state index contributed by atoms with van der Waals surface area (Å²) in [5, 5.41) is 2.62. The van der Waals surface area contributed by atoms with Crippen molar-refractivity contribution in [1.29, 1.82) is 0 Å². The minimum Gasteiger partial charge on any atom is -0.461 e. The topological polar surface area (TPSA) is 81.7 Å². The minimum absolute atomic E-state index is 0.0646. The molecule has 1 saturated carbocycles. The first kappa shape index (κ1) is 19.0. The Morgan fingerprint density at radius 2 is 1.80 bits per heavy atom. The molecule has 136 valence electrons. The minimum atomic E-state index is -1.03. The summed E-state index contributed by atoms with van der Waals surface area (Å²) in [5.74, 6) is -1.47. The van der Waals surface area contributed by atoms with Gasteiger partial charge in [0.25, 0.3) is 0 Å². The molecule has 6 nitrogen and oxygen atoms in total. The Balaban J connectivity index is 1.92. The molecule has 2 rings (SSSR count). The van der Waals surface area contributed by atoms with Crippen LogP contribution in [0.4, 0.5) is 0 Å². The fraction of sp³-hybridized carbons (Fsp3) is 0.526. The molecule has 0 unspecified atom stereocenters. The van der Waals surface area contributed by atoms with Gasteiger partial charge in [-0.3, -0.25) is 9.59 Å². The van der Waals surface area contributed by atoms with Crippen LogP contribution < -0.4 is 5.32 Å². The number of nitrogens with one attached hydrogen (secondary N) is 1. The summed E-state index contributed by atoms with van der Waals surface area (Å²) in [6.45, 7) is 5.33. The molecule has 1 amide bonds. The van der Waals surface area contributed by atoms with Crippen LogP contribution in [-0.2, 0) is 30.5 Å². The van der Waals surface area contributed by atoms with Crippen LogP contribution in [0.3, 0.4) is 0 Å². The molecule has 25 heavy (non-hydrogen) atoms. The van der Waals surface area contributed by atoms with E-state index in [1.54, 1.807) is 20.8 Å². The lowest BCUT2D eigenvalue weighted by Crippen LogP contribution is -2.46. The Morgan fingerprint density at radius 1 is 1.16 bits per heavy atom. The largest absolute Gasteiger partial charge is 0.461 e. The summed E-state index contributed by atoms with van der Waals surface area (Å²) in [6, 6.07) is 8.22. The van der Waals surface area contributed by atoms with E-state index < -0.39 is 23.6 Å². The number of hydrogen-bond acceptors (Lipinski definition) is 5. The van der Waals surface area contributed by atoms with E-state index in [0.29, 0.717) is 0 Å². The van der Waals surface area contributed by atoms with E-state index >= 15 is 0 Å². The van der Waals surface area contributed by atoms with Crippen LogP contribution in [0.15, 0.2) is 30.3 Å². The average Bonchev–Trinajstić information content (AvgIpc) is 3.36. The highest BCUT2D eigenvalue weighted by atomic mass is 16.6. The van der Waals surface area contributed by atoms with Crippen LogP contribution >= 0.6 is 0 Å². The van der Waals surface area contributed by atoms with E-state index in [1.165, 1.54) is 0 Å². The predicted molar refractivity (Wildman–Crippen MR) is 91.4 cm³/mol. The zero-order valence-corrected chi connectivity index (χ0v) is 14.9. The first-order chi connectivity index (χ1) is 11.7. The zero-order chi connectivity index (χ0) is 18.4. The van der Waals surface area contributed by atoms with Crippen molar-refractivity contribution in [2.24, 2.45) is 5.92 Å². The molecule has 1 fully saturated rings. The Bertz CT molecular complexity index is 616. The molecule has 1 N–H and O–H groups in total. The van der Waals surface area contributed by atoms with Gasteiger partial charge in [-0.15, -0.1) is 0 Å². The molecular weight excluding hydrogens is 322 g/mol. The molecule has 1 atom stereocenters. The molecule has 1 aromatic rings. The van der Waals surface area contributed by atoms with E-state index in [2.05, 4.69) is 5.32 Å². The maximum absolute atomic E-state index is 12.3. The van der Waals surface area contributed by atoms with Gasteiger partial charge in [-0.2, -0.15) is 0 Å². The summed E-state index contributed by atoms with van der Waals surface area (Å²) in [4.78, 5) is 36.4. The zero-order valence-electron chi connectivity index (χ0n) is 14.9. The fourth-order valence-corrected chi connectivity index (χ4v) is 2.16. The Kier molecular flexibility index (Phi) is 6.17. The van der Waals surface area contributed by atoms with E-state index in [9.17, 15) is 14.4 Å². The van der Waals surface area contributed by atoms with Gasteiger partial charge in [0, 0.05) is 5.92 Å². The lowest BCUT2D eigenvalue weighted by Gasteiger charge is -2.24. The van der Waals surface area contributed by atoms with Crippen molar-refractivity contribution in [3.05, 3.63) is 35.9 Å². The third-order valence-electron chi connectivity index (χ3n) is 3.57. The number of benzene rings is 1. The third-order valence-corrected chi connectivity index (χ3v) is 3.57. The maximum atomic E-state index is 12.3. The highest BCUT2D eigenvalue weighted by Gasteiger charge is 2.35. The lowest BCUT2D eigenvalue weighted by atomic mass is 10.1. The molecule has 0 saturated heterocycles. The van der Waals surface area contributed by atoms with Crippen molar-refractivity contribution in [2.45, 2.75) is 58.3 Å². The SMILES string of the molecule is CC(C)(C)OC(=O)[C@H](CC(=O)OCc1ccccc1)NC(=O)C1CC1. The molecule has 1 aromatic carbocycles. The molecular formula is C19H25NO5. The van der Waals surface area contributed by atoms with Gasteiger partial charge >= 0.3 is 11.9 Å². The first-order valence-corrected chi connectivity index (χ1v) is 8.47. The smallest absolute Gasteiger partial charge is 0.329 e. The molecule has 0 aromatic heterocycles. The van der Waals surface area contributed by atoms with Crippen LogP contribution in [0.1, 0.15) is 45.6 Å². The summed E-state index contributed by atoms with van der Waals surface area (Å²) in [7, 11) is 0. The second-order valence-corrected chi connectivity index (χ2v) is 7.22. The quantitative estimate of drug-likeness (QED) is 0.766. The second kappa shape index (κ2) is 8.14. The predicted octanol–water partition coefficient (Wildman–Crippen LogP) is 2.36. The van der Waals surface area contributed by atoms with Crippen LogP contribution in [0, 0.1) is 5.92 Å². The summed E-state index contributed by atoms with van der Waals surface area (Å²) >= 11 is 0. The first-order valence-electron chi connectivity index (χ1n) is 8.47. The van der Waals surface area contributed by atoms with Crippen LogP contribution in [0.25, 0.3) is 0 Å². The van der Waals surface area contributed by atoms with Gasteiger partial charge in [-0.05, 0) is 39.2 Å². The van der Waals surface area contributed by atoms with E-state index in [1.807, 2.05) is 30.3 Å². The van der Waals surface area contributed by atoms with Crippen molar-refractivity contribution < 1.29 is 23.9 Å². The molecule has 0 spiro atoms. The molecule has 0 aliphatic heterocycles. The van der Waals surface area contributed by atoms with Crippen molar-refractivity contribution >= 4 is 17.8 Å². The van der Waals surface area contributed by atoms with Crippen LogP contribution in [0.2, 0.25) is 0 Å². The van der Waals surface area contributed by atoms with E-state index in [-0.39, 0.29) is 24.9 Å². The van der Waals surface area contributed by atoms with E-state index in [0.717, 1.165) is 18.4 Å². The molecule has 1 aliphatic rings. The summed E-state index contributed by atoms with van der Waals surface area (Å²) < 4.78 is 10.5. The van der Waals surface area contributed by atoms with Crippen LogP contribution in [0.5, 0.6) is 0 Å². The summed E-state index contributed by atoms with van der Waals surface area (Å²) in [5.41, 5.74) is 0.153. The highest BCUT2D eigenvalue weighted by molar-refractivity contribution is 5.89. The number of amides is 1. The molecule has 6 heteroatoms. The van der Waals surface area contributed by atoms with Gasteiger partial charge < -0.3 is 14.8 Å². The summed E-state index contributed by atoms with van der Waals surface area (Å²) in [6.07, 6.45) is 1.37. The van der Waals surface area contributed by atoms with Gasteiger partial charge in [0.1, 0.15) is 18.2 Å². The monoisotopic (exact) mass is 347 g/mol. The van der Waals surface area contributed by atoms with Gasteiger partial charge in [0.15, 0.2) is 0 Å². The average molecular weight is 347 g/mol. The lowest BCUT2D eigenvalue weighted by molar-refractivity contribution is -0.162. The van der Waals surface area contributed by atoms with Gasteiger partial charge in [0.2, 0.25) is 5.91 Å². The van der Waals surface area contributed by atoms with Gasteiger partial charge in [-0.1, -0.05) is 30.3 Å². The normalized spacial score (nSPS) is 15.2. The Hall–Kier alpha value is -2.37. The Morgan fingerprint density at radius 3 is 2.36 bits per heavy atom. The molecule has 0 bridgehead atoms. The maximum Gasteiger partial charge on any atom is 0.329 e. The number of rotatable bonds is 7. The number of carbonyl (C=O) groups excluding carboxylic acids is 3. The number of esters is 2. The Labute approximate surface area is 147 Å². The number of carbonyl (C=O) groups is 3. The molecule has 0 radical (unpaired) electrons. The molecule has 0 heterocycles. The van der Waals surface area contributed by atoms with Crippen LogP contribution in [-0.4, -0.2) is 29.5 Å². The fourth-order valence-electron chi connectivity index (χ4n) is 2.16. The van der Waals surface area contributed by atoms with Gasteiger partial charge in [0.05, 0.1) is 6.42 Å². The van der Waals surface area contributed by atoms with Crippen molar-refractivity contribution in [3.8, 4) is 0 Å². The van der Waals surface area contributed by atoms with Crippen molar-refractivity contribution in [2.75, 3.05) is 0 Å².